The number of rotatable bonds is 2. The molecule has 4 heteroatoms. The number of hydrogen-bond acceptors (Lipinski definition) is 2. The highest BCUT2D eigenvalue weighted by Gasteiger charge is 2.27. The summed E-state index contributed by atoms with van der Waals surface area (Å²) in [5, 5.41) is 11.5. The second kappa shape index (κ2) is 3.31. The van der Waals surface area contributed by atoms with Crippen molar-refractivity contribution in [2.24, 2.45) is 5.92 Å². The fraction of sp³-hybridized carbons (Fsp3) is 0.833. The second-order valence-electron chi connectivity index (χ2n) is 2.64. The molecule has 0 aromatic heterocycles. The van der Waals surface area contributed by atoms with Crippen molar-refractivity contribution in [3.05, 3.63) is 0 Å². The molecule has 2 N–H and O–H groups in total. The molecule has 1 fully saturated rings. The molecule has 0 aromatic rings. The van der Waals surface area contributed by atoms with Crippen LogP contribution < -0.4 is 5.32 Å². The van der Waals surface area contributed by atoms with Gasteiger partial charge >= 0.3 is 5.97 Å². The van der Waals surface area contributed by atoms with Crippen molar-refractivity contribution in [1.29, 1.82) is 0 Å². The quantitative estimate of drug-likeness (QED) is 0.557. The third-order valence-corrected chi connectivity index (χ3v) is 2.52. The van der Waals surface area contributed by atoms with Gasteiger partial charge in [0.25, 0.3) is 0 Å². The maximum absolute atomic E-state index is 10.4. The molecular formula is C6H12NO2P. The first-order valence-electron chi connectivity index (χ1n) is 3.40. The lowest BCUT2D eigenvalue weighted by molar-refractivity contribution is -0.139. The SMILES string of the molecule is O=C(O)C1CC(CP)CN1. The molecule has 0 radical (unpaired) electrons. The lowest BCUT2D eigenvalue weighted by atomic mass is 10.1. The van der Waals surface area contributed by atoms with E-state index in [1.807, 2.05) is 0 Å². The van der Waals surface area contributed by atoms with Crippen LogP contribution in [0.4, 0.5) is 0 Å². The molecule has 0 amide bonds. The van der Waals surface area contributed by atoms with Crippen LogP contribution in [0.5, 0.6) is 0 Å². The minimum atomic E-state index is -0.721. The smallest absolute Gasteiger partial charge is 0.320 e. The van der Waals surface area contributed by atoms with Crippen molar-refractivity contribution in [3.8, 4) is 0 Å². The predicted octanol–water partition coefficient (Wildman–Crippen LogP) is -0.0758. The average Bonchev–Trinajstić information content (AvgIpc) is 2.34. The van der Waals surface area contributed by atoms with E-state index in [0.717, 1.165) is 19.1 Å². The topological polar surface area (TPSA) is 49.3 Å². The van der Waals surface area contributed by atoms with Gasteiger partial charge < -0.3 is 10.4 Å². The molecule has 3 atom stereocenters. The van der Waals surface area contributed by atoms with Crippen LogP contribution >= 0.6 is 9.24 Å². The van der Waals surface area contributed by atoms with Crippen LogP contribution in [-0.2, 0) is 4.79 Å². The standard InChI is InChI=1S/C6H12NO2P/c8-6(9)5-1-4(3-10)2-7-5/h4-5,7H,1-3,10H2,(H,8,9). The number of carbonyl (C=O) groups is 1. The summed E-state index contributed by atoms with van der Waals surface area (Å²) in [6.07, 6.45) is 1.77. The third kappa shape index (κ3) is 1.68. The molecule has 0 bridgehead atoms. The lowest BCUT2D eigenvalue weighted by Crippen LogP contribution is -2.29. The molecule has 58 valence electrons. The molecule has 1 aliphatic rings. The molecule has 0 spiro atoms. The Hall–Kier alpha value is -0.140. The Balaban J connectivity index is 2.35. The lowest BCUT2D eigenvalue weighted by Gasteiger charge is -2.02. The summed E-state index contributed by atoms with van der Waals surface area (Å²) >= 11 is 0. The van der Waals surface area contributed by atoms with Gasteiger partial charge in [-0.3, -0.25) is 4.79 Å². The Morgan fingerprint density at radius 2 is 2.50 bits per heavy atom. The molecule has 1 aliphatic heterocycles. The van der Waals surface area contributed by atoms with E-state index in [-0.39, 0.29) is 6.04 Å². The summed E-state index contributed by atoms with van der Waals surface area (Å²) in [5.74, 6) is -0.188. The highest BCUT2D eigenvalue weighted by Crippen LogP contribution is 2.15. The van der Waals surface area contributed by atoms with Crippen molar-refractivity contribution in [2.75, 3.05) is 12.7 Å². The summed E-state index contributed by atoms with van der Waals surface area (Å²) in [4.78, 5) is 10.4. The first-order valence-corrected chi connectivity index (χ1v) is 4.22. The van der Waals surface area contributed by atoms with Crippen LogP contribution in [0, 0.1) is 5.92 Å². The van der Waals surface area contributed by atoms with Gasteiger partial charge in [0.2, 0.25) is 0 Å². The Bertz CT molecular complexity index is 140. The largest absolute Gasteiger partial charge is 0.480 e. The fourth-order valence-electron chi connectivity index (χ4n) is 1.18. The molecule has 3 unspecified atom stereocenters. The zero-order valence-corrected chi connectivity index (χ0v) is 6.86. The average molecular weight is 161 g/mol. The van der Waals surface area contributed by atoms with E-state index >= 15 is 0 Å². The van der Waals surface area contributed by atoms with Gasteiger partial charge in [-0.25, -0.2) is 0 Å². The van der Waals surface area contributed by atoms with Crippen LogP contribution in [0.2, 0.25) is 0 Å². The van der Waals surface area contributed by atoms with E-state index in [4.69, 9.17) is 5.11 Å². The summed E-state index contributed by atoms with van der Waals surface area (Å²) in [6.45, 7) is 0.848. The zero-order chi connectivity index (χ0) is 7.56. The van der Waals surface area contributed by atoms with E-state index in [1.54, 1.807) is 0 Å². The van der Waals surface area contributed by atoms with Crippen molar-refractivity contribution < 1.29 is 9.90 Å². The van der Waals surface area contributed by atoms with Crippen molar-refractivity contribution in [3.63, 3.8) is 0 Å². The predicted molar refractivity (Wildman–Crippen MR) is 42.1 cm³/mol. The van der Waals surface area contributed by atoms with E-state index in [2.05, 4.69) is 14.6 Å². The summed E-state index contributed by atoms with van der Waals surface area (Å²) in [5.41, 5.74) is 0. The first kappa shape index (κ1) is 7.96. The van der Waals surface area contributed by atoms with Gasteiger partial charge in [-0.2, -0.15) is 0 Å². The van der Waals surface area contributed by atoms with Gasteiger partial charge in [-0.15, -0.1) is 9.24 Å². The Labute approximate surface area is 62.4 Å². The number of carboxylic acid groups (broad SMARTS) is 1. The second-order valence-corrected chi connectivity index (χ2v) is 3.11. The van der Waals surface area contributed by atoms with Gasteiger partial charge in [0.15, 0.2) is 0 Å². The van der Waals surface area contributed by atoms with Gasteiger partial charge in [0.05, 0.1) is 0 Å². The van der Waals surface area contributed by atoms with Crippen molar-refractivity contribution >= 4 is 15.2 Å². The van der Waals surface area contributed by atoms with E-state index in [1.165, 1.54) is 0 Å². The molecule has 0 saturated carbocycles. The third-order valence-electron chi connectivity index (χ3n) is 1.85. The monoisotopic (exact) mass is 161 g/mol. The molecule has 0 aromatic carbocycles. The molecule has 1 heterocycles. The van der Waals surface area contributed by atoms with Gasteiger partial charge in [0.1, 0.15) is 6.04 Å². The molecular weight excluding hydrogens is 149 g/mol. The van der Waals surface area contributed by atoms with Crippen LogP contribution in [0.1, 0.15) is 6.42 Å². The van der Waals surface area contributed by atoms with Crippen LogP contribution in [-0.4, -0.2) is 29.8 Å². The number of aliphatic carboxylic acids is 1. The highest BCUT2D eigenvalue weighted by molar-refractivity contribution is 7.16. The maximum atomic E-state index is 10.4. The number of carboxylic acids is 1. The Kier molecular flexibility index (Phi) is 2.64. The molecule has 0 aliphatic carbocycles. The van der Waals surface area contributed by atoms with E-state index < -0.39 is 5.97 Å². The maximum Gasteiger partial charge on any atom is 0.320 e. The van der Waals surface area contributed by atoms with Crippen molar-refractivity contribution in [2.45, 2.75) is 12.5 Å². The highest BCUT2D eigenvalue weighted by atomic mass is 31.0. The minimum Gasteiger partial charge on any atom is -0.480 e. The summed E-state index contributed by atoms with van der Waals surface area (Å²) < 4.78 is 0. The van der Waals surface area contributed by atoms with Gasteiger partial charge in [0, 0.05) is 0 Å². The van der Waals surface area contributed by atoms with E-state index in [0.29, 0.717) is 5.92 Å². The fourth-order valence-corrected chi connectivity index (χ4v) is 1.54. The first-order chi connectivity index (χ1) is 4.74. The van der Waals surface area contributed by atoms with Crippen LogP contribution in [0.25, 0.3) is 0 Å². The molecule has 10 heavy (non-hydrogen) atoms. The summed E-state index contributed by atoms with van der Waals surface area (Å²) in [6, 6.07) is -0.300. The Morgan fingerprint density at radius 1 is 1.80 bits per heavy atom. The zero-order valence-electron chi connectivity index (χ0n) is 5.71. The van der Waals surface area contributed by atoms with Crippen LogP contribution in [0.3, 0.4) is 0 Å². The minimum absolute atomic E-state index is 0.300. The summed E-state index contributed by atoms with van der Waals surface area (Å²) in [7, 11) is 2.64. The number of nitrogens with one attached hydrogen (secondary N) is 1. The molecule has 1 rings (SSSR count). The van der Waals surface area contributed by atoms with Gasteiger partial charge in [-0.1, -0.05) is 0 Å². The molecule has 1 saturated heterocycles. The Morgan fingerprint density at radius 3 is 2.80 bits per heavy atom. The van der Waals surface area contributed by atoms with Crippen molar-refractivity contribution in [1.82, 2.24) is 5.32 Å². The van der Waals surface area contributed by atoms with E-state index in [9.17, 15) is 4.79 Å². The number of hydrogen-bond donors (Lipinski definition) is 2. The van der Waals surface area contributed by atoms with Gasteiger partial charge in [-0.05, 0) is 25.0 Å². The normalized spacial score (nSPS) is 32.5. The molecule has 3 nitrogen and oxygen atoms in total. The van der Waals surface area contributed by atoms with Crippen LogP contribution in [0.15, 0.2) is 0 Å².